The summed E-state index contributed by atoms with van der Waals surface area (Å²) in [6.45, 7) is 4.25. The number of aromatic hydroxyl groups is 1. The van der Waals surface area contributed by atoms with Crippen LogP contribution in [0.5, 0.6) is 11.5 Å². The largest absolute Gasteiger partial charge is 0.508 e. The molecule has 1 aliphatic rings. The summed E-state index contributed by atoms with van der Waals surface area (Å²) < 4.78 is 5.52. The van der Waals surface area contributed by atoms with Crippen molar-refractivity contribution in [3.8, 4) is 11.5 Å². The summed E-state index contributed by atoms with van der Waals surface area (Å²) in [5, 5.41) is 9.67. The van der Waals surface area contributed by atoms with Gasteiger partial charge in [0, 0.05) is 0 Å². The Morgan fingerprint density at radius 2 is 1.50 bits per heavy atom. The molecule has 1 aliphatic carbocycles. The summed E-state index contributed by atoms with van der Waals surface area (Å²) >= 11 is 0. The van der Waals surface area contributed by atoms with Crippen LogP contribution in [0, 0.1) is 13.8 Å². The molecule has 3 aromatic carbocycles. The highest BCUT2D eigenvalue weighted by atomic mass is 16.5. The van der Waals surface area contributed by atoms with Gasteiger partial charge >= 0.3 is 0 Å². The number of fused-ring (bicyclic) bond motifs is 1. The number of ether oxygens (including phenoxy) is 1. The van der Waals surface area contributed by atoms with Crippen LogP contribution in [0.3, 0.4) is 0 Å². The van der Waals surface area contributed by atoms with Crippen molar-refractivity contribution in [2.24, 2.45) is 0 Å². The lowest BCUT2D eigenvalue weighted by molar-refractivity contribution is 0.414. The molecule has 0 atom stereocenters. The summed E-state index contributed by atoms with van der Waals surface area (Å²) in [6.07, 6.45) is 0.888. The van der Waals surface area contributed by atoms with Crippen molar-refractivity contribution < 1.29 is 9.84 Å². The van der Waals surface area contributed by atoms with Crippen LogP contribution >= 0.6 is 0 Å². The van der Waals surface area contributed by atoms with Gasteiger partial charge < -0.3 is 9.84 Å². The first-order chi connectivity index (χ1) is 12.6. The number of rotatable bonds is 3. The van der Waals surface area contributed by atoms with E-state index < -0.39 is 0 Å². The molecule has 0 fully saturated rings. The molecular formula is C24H22O2. The second-order valence-electron chi connectivity index (χ2n) is 6.91. The molecule has 0 aromatic heterocycles. The van der Waals surface area contributed by atoms with Crippen molar-refractivity contribution in [1.82, 2.24) is 0 Å². The van der Waals surface area contributed by atoms with Crippen LogP contribution in [0.4, 0.5) is 0 Å². The van der Waals surface area contributed by atoms with Crippen LogP contribution in [0.2, 0.25) is 0 Å². The van der Waals surface area contributed by atoms with E-state index in [2.05, 4.69) is 50.2 Å². The topological polar surface area (TPSA) is 29.5 Å². The number of allylic oxidation sites excluding steroid dienone is 1. The SMILES string of the molecule is COc1cc(C)c2c(c1)C(c1ccc(C)cc1)=C(c1ccc(O)cc1)C2. The third-order valence-corrected chi connectivity index (χ3v) is 5.16. The van der Waals surface area contributed by atoms with E-state index in [-0.39, 0.29) is 0 Å². The van der Waals surface area contributed by atoms with E-state index in [4.69, 9.17) is 4.74 Å². The van der Waals surface area contributed by atoms with Gasteiger partial charge in [-0.3, -0.25) is 0 Å². The van der Waals surface area contributed by atoms with Gasteiger partial charge in [0.2, 0.25) is 0 Å². The van der Waals surface area contributed by atoms with Crippen LogP contribution in [-0.2, 0) is 6.42 Å². The van der Waals surface area contributed by atoms with Crippen LogP contribution in [-0.4, -0.2) is 12.2 Å². The lowest BCUT2D eigenvalue weighted by atomic mass is 9.93. The third-order valence-electron chi connectivity index (χ3n) is 5.16. The number of phenols is 1. The normalized spacial score (nSPS) is 13.0. The zero-order chi connectivity index (χ0) is 18.3. The molecule has 1 N–H and O–H groups in total. The Kier molecular flexibility index (Phi) is 4.04. The van der Waals surface area contributed by atoms with Gasteiger partial charge in [-0.15, -0.1) is 0 Å². The fourth-order valence-electron chi connectivity index (χ4n) is 3.75. The quantitative estimate of drug-likeness (QED) is 0.678. The molecule has 0 aliphatic heterocycles. The van der Waals surface area contributed by atoms with Gasteiger partial charge in [-0.1, -0.05) is 42.0 Å². The Hall–Kier alpha value is -3.00. The van der Waals surface area contributed by atoms with Crippen molar-refractivity contribution in [1.29, 1.82) is 0 Å². The highest BCUT2D eigenvalue weighted by Gasteiger charge is 2.26. The predicted molar refractivity (Wildman–Crippen MR) is 107 cm³/mol. The molecule has 26 heavy (non-hydrogen) atoms. The van der Waals surface area contributed by atoms with Crippen LogP contribution in [0.1, 0.15) is 33.4 Å². The molecular weight excluding hydrogens is 320 g/mol. The van der Waals surface area contributed by atoms with Crippen molar-refractivity contribution in [3.05, 3.63) is 94.0 Å². The summed E-state index contributed by atoms with van der Waals surface area (Å²) in [4.78, 5) is 0. The second kappa shape index (κ2) is 6.38. The third kappa shape index (κ3) is 2.78. The maximum absolute atomic E-state index is 9.67. The number of methoxy groups -OCH3 is 1. The molecule has 3 aromatic rings. The van der Waals surface area contributed by atoms with Crippen LogP contribution in [0.15, 0.2) is 60.7 Å². The average Bonchev–Trinajstić information content (AvgIpc) is 3.03. The Labute approximate surface area is 154 Å². The number of benzene rings is 3. The molecule has 4 rings (SSSR count). The Bertz CT molecular complexity index is 994. The molecule has 130 valence electrons. The molecule has 0 bridgehead atoms. The first kappa shape index (κ1) is 16.5. The standard InChI is InChI=1S/C24H22O2/c1-15-4-6-18(7-5-15)24-22(17-8-10-19(25)11-9-17)14-21-16(2)12-20(26-3)13-23(21)24/h4-13,25H,14H2,1-3H3. The van der Waals surface area contributed by atoms with E-state index in [0.717, 1.165) is 17.7 Å². The monoisotopic (exact) mass is 342 g/mol. The summed E-state index contributed by atoms with van der Waals surface area (Å²) in [6, 6.07) is 20.4. The van der Waals surface area contributed by atoms with E-state index in [1.54, 1.807) is 19.2 Å². The van der Waals surface area contributed by atoms with Crippen LogP contribution in [0.25, 0.3) is 11.1 Å². The van der Waals surface area contributed by atoms with E-state index >= 15 is 0 Å². The molecule has 0 saturated carbocycles. The molecule has 2 heteroatoms. The Morgan fingerprint density at radius 3 is 2.15 bits per heavy atom. The van der Waals surface area contributed by atoms with E-state index in [1.165, 1.54) is 39.0 Å². The van der Waals surface area contributed by atoms with Crippen molar-refractivity contribution in [2.75, 3.05) is 7.11 Å². The number of phenolic OH excluding ortho intramolecular Hbond substituents is 1. The zero-order valence-corrected chi connectivity index (χ0v) is 15.3. The fourth-order valence-corrected chi connectivity index (χ4v) is 3.75. The molecule has 2 nitrogen and oxygen atoms in total. The number of hydrogen-bond donors (Lipinski definition) is 1. The predicted octanol–water partition coefficient (Wildman–Crippen LogP) is 5.53. The Balaban J connectivity index is 1.97. The summed E-state index contributed by atoms with van der Waals surface area (Å²) in [7, 11) is 1.71. The second-order valence-corrected chi connectivity index (χ2v) is 6.91. The molecule has 0 amide bonds. The highest BCUT2D eigenvalue weighted by molar-refractivity contribution is 6.04. The first-order valence-electron chi connectivity index (χ1n) is 8.84. The molecule has 0 radical (unpaired) electrons. The van der Waals surface area contributed by atoms with Crippen LogP contribution < -0.4 is 4.74 Å². The van der Waals surface area contributed by atoms with Crippen molar-refractivity contribution >= 4 is 11.1 Å². The molecule has 0 saturated heterocycles. The van der Waals surface area contributed by atoms with E-state index in [1.807, 2.05) is 12.1 Å². The Morgan fingerprint density at radius 1 is 0.846 bits per heavy atom. The smallest absolute Gasteiger partial charge is 0.119 e. The van der Waals surface area contributed by atoms with E-state index in [9.17, 15) is 5.11 Å². The minimum Gasteiger partial charge on any atom is -0.508 e. The molecule has 0 unspecified atom stereocenters. The minimum absolute atomic E-state index is 0.291. The molecule has 0 spiro atoms. The summed E-state index contributed by atoms with van der Waals surface area (Å²) in [5.41, 5.74) is 10.0. The summed E-state index contributed by atoms with van der Waals surface area (Å²) in [5.74, 6) is 1.18. The maximum atomic E-state index is 9.67. The van der Waals surface area contributed by atoms with Gasteiger partial charge in [-0.05, 0) is 83.5 Å². The number of hydrogen-bond acceptors (Lipinski definition) is 2. The lowest BCUT2D eigenvalue weighted by Crippen LogP contribution is -1.93. The van der Waals surface area contributed by atoms with E-state index in [0.29, 0.717) is 5.75 Å². The van der Waals surface area contributed by atoms with Gasteiger partial charge in [-0.25, -0.2) is 0 Å². The van der Waals surface area contributed by atoms with Gasteiger partial charge in [0.05, 0.1) is 7.11 Å². The maximum Gasteiger partial charge on any atom is 0.119 e. The van der Waals surface area contributed by atoms with Gasteiger partial charge in [0.15, 0.2) is 0 Å². The highest BCUT2D eigenvalue weighted by Crippen LogP contribution is 2.45. The first-order valence-corrected chi connectivity index (χ1v) is 8.84. The number of aryl methyl sites for hydroxylation is 2. The van der Waals surface area contributed by atoms with Crippen molar-refractivity contribution in [3.63, 3.8) is 0 Å². The van der Waals surface area contributed by atoms with Gasteiger partial charge in [0.25, 0.3) is 0 Å². The molecule has 0 heterocycles. The van der Waals surface area contributed by atoms with Gasteiger partial charge in [-0.2, -0.15) is 0 Å². The van der Waals surface area contributed by atoms with Gasteiger partial charge in [0.1, 0.15) is 11.5 Å². The minimum atomic E-state index is 0.291. The average molecular weight is 342 g/mol. The van der Waals surface area contributed by atoms with Crippen molar-refractivity contribution in [2.45, 2.75) is 20.3 Å². The lowest BCUT2D eigenvalue weighted by Gasteiger charge is -2.12. The zero-order valence-electron chi connectivity index (χ0n) is 15.3. The fraction of sp³-hybridized carbons (Fsp3) is 0.167.